The fraction of sp³-hybridized carbons (Fsp3) is 0.312. The molecule has 0 radical (unpaired) electrons. The highest BCUT2D eigenvalue weighted by molar-refractivity contribution is 14.1. The van der Waals surface area contributed by atoms with Gasteiger partial charge in [0, 0.05) is 20.3 Å². The number of allylic oxidation sites excluding steroid dienone is 2. The number of hydrogen-bond acceptors (Lipinski definition) is 2. The SMILES string of the molecule is COc1c(C(F)(F)F)cc(I)c2c1=CC(C(C)=O)=CC1CC=21. The van der Waals surface area contributed by atoms with Crippen LogP contribution < -0.4 is 15.2 Å². The standard InChI is InChI=1S/C16H12F3IO2/c1-7(21)8-3-9-5-10(9)14-11(4-8)15(22-2)12(6-13(14)20)16(17,18)19/h3-4,6,9H,5H2,1-2H3. The van der Waals surface area contributed by atoms with Crippen molar-refractivity contribution in [3.63, 3.8) is 0 Å². The molecule has 0 aromatic heterocycles. The Kier molecular flexibility index (Phi) is 3.62. The summed E-state index contributed by atoms with van der Waals surface area (Å²) in [6, 6.07) is 1.12. The van der Waals surface area contributed by atoms with Gasteiger partial charge in [0.2, 0.25) is 0 Å². The minimum Gasteiger partial charge on any atom is -0.495 e. The Morgan fingerprint density at radius 3 is 2.64 bits per heavy atom. The summed E-state index contributed by atoms with van der Waals surface area (Å²) in [6.07, 6.45) is -0.371. The molecule has 2 aliphatic rings. The number of carbonyl (C=O) groups excluding carboxylic acids is 1. The number of methoxy groups -OCH3 is 1. The van der Waals surface area contributed by atoms with Crippen LogP contribution in [-0.2, 0) is 11.0 Å². The highest BCUT2D eigenvalue weighted by atomic mass is 127. The monoisotopic (exact) mass is 420 g/mol. The highest BCUT2D eigenvalue weighted by Crippen LogP contribution is 2.42. The molecule has 0 amide bonds. The lowest BCUT2D eigenvalue weighted by Gasteiger charge is -2.14. The van der Waals surface area contributed by atoms with Gasteiger partial charge in [0.05, 0.1) is 12.7 Å². The van der Waals surface area contributed by atoms with E-state index in [1.165, 1.54) is 20.1 Å². The Hall–Kier alpha value is -1.31. The van der Waals surface area contributed by atoms with Gasteiger partial charge >= 0.3 is 6.18 Å². The van der Waals surface area contributed by atoms with Gasteiger partial charge in [0.15, 0.2) is 5.78 Å². The molecule has 1 aromatic rings. The average molecular weight is 420 g/mol. The number of hydrogen-bond donors (Lipinski definition) is 0. The lowest BCUT2D eigenvalue weighted by atomic mass is 10.1. The smallest absolute Gasteiger partial charge is 0.420 e. The zero-order chi connectivity index (χ0) is 16.2. The van der Waals surface area contributed by atoms with E-state index >= 15 is 0 Å². The van der Waals surface area contributed by atoms with Crippen LogP contribution in [0.25, 0.3) is 11.6 Å². The van der Waals surface area contributed by atoms with Crippen molar-refractivity contribution in [1.82, 2.24) is 0 Å². The average Bonchev–Trinajstić information content (AvgIpc) is 3.14. The van der Waals surface area contributed by atoms with Crippen LogP contribution in [0.15, 0.2) is 17.7 Å². The summed E-state index contributed by atoms with van der Waals surface area (Å²) in [4.78, 5) is 11.7. The molecule has 1 saturated carbocycles. The highest BCUT2D eigenvalue weighted by Gasteiger charge is 2.38. The summed E-state index contributed by atoms with van der Waals surface area (Å²) in [7, 11) is 1.22. The molecule has 0 N–H and O–H groups in total. The van der Waals surface area contributed by atoms with E-state index in [1.54, 1.807) is 0 Å². The van der Waals surface area contributed by atoms with Crippen LogP contribution in [-0.4, -0.2) is 12.9 Å². The molecule has 116 valence electrons. The van der Waals surface area contributed by atoms with Gasteiger partial charge in [0.25, 0.3) is 0 Å². The van der Waals surface area contributed by atoms with E-state index in [4.69, 9.17) is 4.74 Å². The van der Waals surface area contributed by atoms with Gasteiger partial charge in [-0.25, -0.2) is 0 Å². The van der Waals surface area contributed by atoms with Crippen molar-refractivity contribution in [2.24, 2.45) is 5.92 Å². The van der Waals surface area contributed by atoms with E-state index in [0.29, 0.717) is 14.4 Å². The third-order valence-electron chi connectivity index (χ3n) is 3.91. The third kappa shape index (κ3) is 2.47. The van der Waals surface area contributed by atoms with Crippen LogP contribution >= 0.6 is 22.6 Å². The first-order valence-electron chi connectivity index (χ1n) is 6.65. The fourth-order valence-corrected chi connectivity index (χ4v) is 3.76. The number of ketones is 1. The van der Waals surface area contributed by atoms with Crippen molar-refractivity contribution in [3.05, 3.63) is 37.3 Å². The molecule has 2 nitrogen and oxygen atoms in total. The minimum atomic E-state index is -4.51. The van der Waals surface area contributed by atoms with Crippen LogP contribution in [0.4, 0.5) is 13.2 Å². The van der Waals surface area contributed by atoms with E-state index in [2.05, 4.69) is 0 Å². The molecule has 1 fully saturated rings. The van der Waals surface area contributed by atoms with Crippen molar-refractivity contribution >= 4 is 40.0 Å². The van der Waals surface area contributed by atoms with Gasteiger partial charge in [-0.2, -0.15) is 13.2 Å². The maximum Gasteiger partial charge on any atom is 0.420 e. The zero-order valence-corrected chi connectivity index (χ0v) is 14.0. The quantitative estimate of drug-likeness (QED) is 0.689. The third-order valence-corrected chi connectivity index (χ3v) is 4.76. The van der Waals surface area contributed by atoms with Crippen LogP contribution in [0.5, 0.6) is 5.75 Å². The molecule has 0 saturated heterocycles. The van der Waals surface area contributed by atoms with Crippen LogP contribution in [0.3, 0.4) is 0 Å². The summed E-state index contributed by atoms with van der Waals surface area (Å²) in [5, 5.41) is 1.14. The van der Waals surface area contributed by atoms with E-state index in [1.807, 2.05) is 28.7 Å². The van der Waals surface area contributed by atoms with Crippen LogP contribution in [0.1, 0.15) is 18.9 Å². The molecule has 2 aliphatic carbocycles. The van der Waals surface area contributed by atoms with Crippen molar-refractivity contribution < 1.29 is 22.7 Å². The number of ether oxygens (including phenoxy) is 1. The van der Waals surface area contributed by atoms with E-state index < -0.39 is 11.7 Å². The van der Waals surface area contributed by atoms with E-state index in [9.17, 15) is 18.0 Å². The molecule has 22 heavy (non-hydrogen) atoms. The molecular weight excluding hydrogens is 408 g/mol. The first-order valence-corrected chi connectivity index (χ1v) is 7.73. The second-order valence-corrected chi connectivity index (χ2v) is 6.55. The Balaban J connectivity index is 2.46. The normalized spacial score (nSPS) is 19.5. The van der Waals surface area contributed by atoms with Crippen molar-refractivity contribution in [3.8, 4) is 5.75 Å². The van der Waals surface area contributed by atoms with Gasteiger partial charge in [-0.1, -0.05) is 11.6 Å². The predicted molar refractivity (Wildman–Crippen MR) is 84.7 cm³/mol. The topological polar surface area (TPSA) is 26.3 Å². The lowest BCUT2D eigenvalue weighted by molar-refractivity contribution is -0.138. The Morgan fingerprint density at radius 1 is 1.41 bits per heavy atom. The summed E-state index contributed by atoms with van der Waals surface area (Å²) >= 11 is 1.92. The van der Waals surface area contributed by atoms with Gasteiger partial charge in [-0.15, -0.1) is 0 Å². The number of benzene rings is 1. The second kappa shape index (κ2) is 5.11. The first-order chi connectivity index (χ1) is 10.2. The van der Waals surface area contributed by atoms with Gasteiger partial charge in [0.1, 0.15) is 5.75 Å². The molecular formula is C16H12F3IO2. The summed E-state index contributed by atoms with van der Waals surface area (Å²) in [6.45, 7) is 1.42. The van der Waals surface area contributed by atoms with Gasteiger partial charge in [-0.05, 0) is 53.3 Å². The maximum atomic E-state index is 13.3. The van der Waals surface area contributed by atoms with Crippen molar-refractivity contribution in [2.75, 3.05) is 7.11 Å². The Morgan fingerprint density at radius 2 is 2.09 bits per heavy atom. The fourth-order valence-electron chi connectivity index (χ4n) is 2.81. The largest absolute Gasteiger partial charge is 0.495 e. The number of rotatable bonds is 2. The summed E-state index contributed by atoms with van der Waals surface area (Å²) < 4.78 is 45.4. The summed E-state index contributed by atoms with van der Waals surface area (Å²) in [5.74, 6) is -0.227. The molecule has 0 aliphatic heterocycles. The van der Waals surface area contributed by atoms with Crippen molar-refractivity contribution in [1.29, 1.82) is 0 Å². The maximum absolute atomic E-state index is 13.3. The second-order valence-electron chi connectivity index (χ2n) is 5.38. The molecule has 0 spiro atoms. The molecule has 0 heterocycles. The Labute approximate surface area is 138 Å². The number of alkyl halides is 3. The van der Waals surface area contributed by atoms with E-state index in [0.717, 1.165) is 23.3 Å². The molecule has 1 atom stereocenters. The summed E-state index contributed by atoms with van der Waals surface area (Å²) in [5.41, 5.74) is 0.697. The molecule has 1 aromatic carbocycles. The predicted octanol–water partition coefficient (Wildman–Crippen LogP) is 2.80. The van der Waals surface area contributed by atoms with Crippen LogP contribution in [0.2, 0.25) is 0 Å². The van der Waals surface area contributed by atoms with Crippen LogP contribution in [0, 0.1) is 9.49 Å². The van der Waals surface area contributed by atoms with Crippen molar-refractivity contribution in [2.45, 2.75) is 19.5 Å². The molecule has 1 unspecified atom stereocenters. The zero-order valence-electron chi connectivity index (χ0n) is 11.8. The molecule has 0 bridgehead atoms. The molecule has 6 heteroatoms. The van der Waals surface area contributed by atoms with Gasteiger partial charge < -0.3 is 4.74 Å². The Bertz CT molecular complexity index is 834. The lowest BCUT2D eigenvalue weighted by Crippen LogP contribution is -2.32. The number of halogens is 4. The number of carbonyl (C=O) groups is 1. The van der Waals surface area contributed by atoms with Gasteiger partial charge in [-0.3, -0.25) is 4.79 Å². The molecule has 3 rings (SSSR count). The minimum absolute atomic E-state index is 0.145. The number of fused-ring (bicyclic) bond motifs is 2. The first kappa shape index (κ1) is 15.6. The number of Topliss-reactive ketones (excluding diaryl/α,β-unsaturated/α-hetero) is 1. The van der Waals surface area contributed by atoms with E-state index in [-0.39, 0.29) is 17.5 Å².